The predicted molar refractivity (Wildman–Crippen MR) is 164 cm³/mol. The van der Waals surface area contributed by atoms with E-state index in [1.54, 1.807) is 0 Å². The van der Waals surface area contributed by atoms with Crippen molar-refractivity contribution in [1.82, 2.24) is 5.32 Å². The SMILES string of the molecule is CCCCCCCCCCCCCC[N+](C)(C)CCCNC(=O)[C@H](O)[C@H](O)[C@H](O[C@@H]1O[C@H](CO)[C@@H](O)[C@H](O)[C@H]1O)[C@H](O)CO. The minimum atomic E-state index is -2.06. The molecule has 1 rings (SSSR count). The monoisotopic (exact) mass is 639 g/mol. The van der Waals surface area contributed by atoms with Crippen molar-refractivity contribution in [2.75, 3.05) is 46.9 Å². The fourth-order valence-electron chi connectivity index (χ4n) is 5.49. The largest absolute Gasteiger partial charge is 0.394 e. The summed E-state index contributed by atoms with van der Waals surface area (Å²) < 4.78 is 11.3. The average Bonchev–Trinajstić information content (AvgIpc) is 3.01. The Hall–Kier alpha value is -0.970. The van der Waals surface area contributed by atoms with Gasteiger partial charge in [0.1, 0.15) is 42.7 Å². The summed E-state index contributed by atoms with van der Waals surface area (Å²) in [7, 11) is 4.27. The molecule has 0 aliphatic carbocycles. The van der Waals surface area contributed by atoms with Gasteiger partial charge in [-0.3, -0.25) is 4.79 Å². The first-order valence-corrected chi connectivity index (χ1v) is 16.6. The lowest BCUT2D eigenvalue weighted by molar-refractivity contribution is -0.890. The molecule has 9 atom stereocenters. The van der Waals surface area contributed by atoms with E-state index in [-0.39, 0.29) is 6.54 Å². The Kier molecular flexibility index (Phi) is 21.0. The van der Waals surface area contributed by atoms with Gasteiger partial charge in [-0.2, -0.15) is 0 Å². The third kappa shape index (κ3) is 15.1. The molecular formula is C31H63N2O11+. The first kappa shape index (κ1) is 41.1. The molecule has 13 nitrogen and oxygen atoms in total. The van der Waals surface area contributed by atoms with Gasteiger partial charge in [0.05, 0.1) is 40.4 Å². The fourth-order valence-corrected chi connectivity index (χ4v) is 5.49. The minimum absolute atomic E-state index is 0.240. The average molecular weight is 640 g/mol. The predicted octanol–water partition coefficient (Wildman–Crippen LogP) is -0.470. The van der Waals surface area contributed by atoms with Gasteiger partial charge in [0.15, 0.2) is 12.4 Å². The number of hydrogen-bond acceptors (Lipinski definition) is 11. The van der Waals surface area contributed by atoms with Crippen LogP contribution in [0.1, 0.15) is 90.4 Å². The van der Waals surface area contributed by atoms with Crippen LogP contribution in [0.2, 0.25) is 0 Å². The zero-order valence-electron chi connectivity index (χ0n) is 27.2. The van der Waals surface area contributed by atoms with Crippen molar-refractivity contribution in [3.05, 3.63) is 0 Å². The van der Waals surface area contributed by atoms with E-state index in [0.717, 1.165) is 24.0 Å². The highest BCUT2D eigenvalue weighted by Gasteiger charge is 2.47. The lowest BCUT2D eigenvalue weighted by atomic mass is 9.98. The summed E-state index contributed by atoms with van der Waals surface area (Å²) in [6, 6.07) is 0. The van der Waals surface area contributed by atoms with Crippen molar-refractivity contribution in [3.63, 3.8) is 0 Å². The number of unbranched alkanes of at least 4 members (excludes halogenated alkanes) is 11. The van der Waals surface area contributed by atoms with E-state index in [1.807, 2.05) is 0 Å². The van der Waals surface area contributed by atoms with Crippen LogP contribution in [0.5, 0.6) is 0 Å². The molecule has 0 spiro atoms. The smallest absolute Gasteiger partial charge is 0.251 e. The number of aliphatic hydroxyl groups is 8. The van der Waals surface area contributed by atoms with Crippen molar-refractivity contribution < 1.29 is 59.6 Å². The van der Waals surface area contributed by atoms with Gasteiger partial charge in [0.25, 0.3) is 5.91 Å². The van der Waals surface area contributed by atoms with E-state index >= 15 is 0 Å². The molecule has 1 saturated heterocycles. The molecule has 262 valence electrons. The summed E-state index contributed by atoms with van der Waals surface area (Å²) in [6.45, 7) is 2.63. The van der Waals surface area contributed by atoms with Gasteiger partial charge in [-0.05, 0) is 12.8 Å². The normalized spacial score (nSPS) is 25.4. The maximum Gasteiger partial charge on any atom is 0.251 e. The maximum absolute atomic E-state index is 12.6. The van der Waals surface area contributed by atoms with E-state index in [1.165, 1.54) is 70.6 Å². The number of hydrogen-bond donors (Lipinski definition) is 9. The van der Waals surface area contributed by atoms with Crippen molar-refractivity contribution >= 4 is 5.91 Å². The van der Waals surface area contributed by atoms with E-state index in [4.69, 9.17) is 9.47 Å². The third-order valence-corrected chi connectivity index (χ3v) is 8.49. The summed E-state index contributed by atoms with van der Waals surface area (Å²) in [5, 5.41) is 82.7. The lowest BCUT2D eigenvalue weighted by Crippen LogP contribution is -2.62. The van der Waals surface area contributed by atoms with Crippen LogP contribution in [0, 0.1) is 0 Å². The summed E-state index contributed by atoms with van der Waals surface area (Å²) in [6.07, 6.45) is 0.0926. The van der Waals surface area contributed by atoms with Gasteiger partial charge < -0.3 is 60.1 Å². The second kappa shape index (κ2) is 22.5. The molecule has 13 heteroatoms. The number of nitrogens with zero attached hydrogens (tertiary/aromatic N) is 1. The van der Waals surface area contributed by atoms with Crippen molar-refractivity contribution in [2.45, 2.75) is 146 Å². The molecular weight excluding hydrogens is 576 g/mol. The van der Waals surface area contributed by atoms with Crippen LogP contribution in [0.15, 0.2) is 0 Å². The lowest BCUT2D eigenvalue weighted by Gasteiger charge is -2.42. The minimum Gasteiger partial charge on any atom is -0.394 e. The highest BCUT2D eigenvalue weighted by atomic mass is 16.7. The number of quaternary nitrogens is 1. The van der Waals surface area contributed by atoms with Gasteiger partial charge in [0, 0.05) is 13.0 Å². The zero-order valence-corrected chi connectivity index (χ0v) is 27.2. The molecule has 1 aliphatic heterocycles. The standard InChI is InChI=1S/C31H62N2O11/c1-4-5-6-7-8-9-10-11-12-13-14-15-18-33(2,3)19-16-17-32-30(42)27(40)26(39)29(22(36)20-34)44-31-28(41)25(38)24(37)23(21-35)43-31/h22-29,31,34-41H,4-21H2,1-3H3/p+1/t22-,23-,24-,25+,26+,27-,28-,29-,31+/m1/s1. The van der Waals surface area contributed by atoms with Crippen LogP contribution in [-0.4, -0.2) is 153 Å². The molecule has 1 amide bonds. The molecule has 44 heavy (non-hydrogen) atoms. The Morgan fingerprint density at radius 1 is 0.795 bits per heavy atom. The van der Waals surface area contributed by atoms with E-state index < -0.39 is 74.2 Å². The van der Waals surface area contributed by atoms with Crippen molar-refractivity contribution in [2.24, 2.45) is 0 Å². The number of carbonyl (C=O) groups is 1. The number of nitrogens with one attached hydrogen (secondary N) is 1. The van der Waals surface area contributed by atoms with Crippen molar-refractivity contribution in [1.29, 1.82) is 0 Å². The molecule has 9 N–H and O–H groups in total. The molecule has 0 aromatic heterocycles. The molecule has 1 aliphatic rings. The maximum atomic E-state index is 12.6. The molecule has 0 unspecified atom stereocenters. The Morgan fingerprint density at radius 2 is 1.32 bits per heavy atom. The summed E-state index contributed by atoms with van der Waals surface area (Å²) in [4.78, 5) is 12.6. The second-order valence-electron chi connectivity index (χ2n) is 12.9. The van der Waals surface area contributed by atoms with Crippen LogP contribution in [0.3, 0.4) is 0 Å². The van der Waals surface area contributed by atoms with Crippen LogP contribution < -0.4 is 5.32 Å². The third-order valence-electron chi connectivity index (χ3n) is 8.49. The molecule has 0 bridgehead atoms. The molecule has 0 aromatic carbocycles. The Labute approximate surface area is 263 Å². The Bertz CT molecular complexity index is 745. The Balaban J connectivity index is 2.38. The van der Waals surface area contributed by atoms with Crippen LogP contribution in [0.4, 0.5) is 0 Å². The summed E-state index contributed by atoms with van der Waals surface area (Å²) in [5.74, 6) is -0.920. The number of rotatable bonds is 25. The number of amides is 1. The summed E-state index contributed by atoms with van der Waals surface area (Å²) >= 11 is 0. The first-order valence-electron chi connectivity index (χ1n) is 16.6. The van der Waals surface area contributed by atoms with Gasteiger partial charge in [-0.1, -0.05) is 71.1 Å². The second-order valence-corrected chi connectivity index (χ2v) is 12.9. The van der Waals surface area contributed by atoms with Gasteiger partial charge in [0.2, 0.25) is 0 Å². The Morgan fingerprint density at radius 3 is 1.84 bits per heavy atom. The van der Waals surface area contributed by atoms with Crippen LogP contribution >= 0.6 is 0 Å². The summed E-state index contributed by atoms with van der Waals surface area (Å²) in [5.41, 5.74) is 0. The van der Waals surface area contributed by atoms with Crippen LogP contribution in [0.25, 0.3) is 0 Å². The first-order chi connectivity index (χ1) is 20.9. The zero-order chi connectivity index (χ0) is 33.1. The molecule has 0 saturated carbocycles. The molecule has 1 heterocycles. The van der Waals surface area contributed by atoms with E-state index in [0.29, 0.717) is 6.42 Å². The highest BCUT2D eigenvalue weighted by molar-refractivity contribution is 5.81. The van der Waals surface area contributed by atoms with Gasteiger partial charge >= 0.3 is 0 Å². The van der Waals surface area contributed by atoms with Gasteiger partial charge in [-0.15, -0.1) is 0 Å². The van der Waals surface area contributed by atoms with E-state index in [9.17, 15) is 45.6 Å². The number of ether oxygens (including phenoxy) is 2. The molecule has 0 radical (unpaired) electrons. The van der Waals surface area contributed by atoms with Crippen LogP contribution in [-0.2, 0) is 14.3 Å². The number of carbonyl (C=O) groups excluding carboxylic acids is 1. The quantitative estimate of drug-likeness (QED) is 0.0461. The van der Waals surface area contributed by atoms with Gasteiger partial charge in [-0.25, -0.2) is 0 Å². The molecule has 1 fully saturated rings. The van der Waals surface area contributed by atoms with E-state index in [2.05, 4.69) is 26.3 Å². The highest BCUT2D eigenvalue weighted by Crippen LogP contribution is 2.25. The topological polar surface area (TPSA) is 209 Å². The van der Waals surface area contributed by atoms with Crippen molar-refractivity contribution in [3.8, 4) is 0 Å². The molecule has 0 aromatic rings. The fraction of sp³-hybridized carbons (Fsp3) is 0.968. The number of aliphatic hydroxyl groups excluding tert-OH is 8.